The number of hydrogen-bond donors (Lipinski definition) is 1. The zero-order chi connectivity index (χ0) is 24.6. The highest BCUT2D eigenvalue weighted by Crippen LogP contribution is 2.26. The van der Waals surface area contributed by atoms with E-state index in [1.807, 2.05) is 91.0 Å². The summed E-state index contributed by atoms with van der Waals surface area (Å²) in [4.78, 5) is 28.2. The maximum Gasteiger partial charge on any atom is 0.261 e. The van der Waals surface area contributed by atoms with Crippen LogP contribution in [0.4, 0.5) is 0 Å². The van der Waals surface area contributed by atoms with Gasteiger partial charge >= 0.3 is 0 Å². The highest BCUT2D eigenvalue weighted by molar-refractivity contribution is 6.31. The molecule has 0 aromatic heterocycles. The normalized spacial score (nSPS) is 11.6. The topological polar surface area (TPSA) is 58.6 Å². The summed E-state index contributed by atoms with van der Waals surface area (Å²) >= 11 is 6.42. The Labute approximate surface area is 210 Å². The molecular formula is C29H27ClN2O3. The van der Waals surface area contributed by atoms with Gasteiger partial charge in [0.2, 0.25) is 5.91 Å². The SMILES string of the molecule is CNC(=O)[C@@H](Cc1ccccc1)N(Cc1ccccc1Cl)C(=O)COc1cccc2ccccc12. The summed E-state index contributed by atoms with van der Waals surface area (Å²) in [5.74, 6) is 0.0653. The van der Waals surface area contributed by atoms with Crippen molar-refractivity contribution in [3.63, 3.8) is 0 Å². The Hall–Kier alpha value is -3.83. The maximum absolute atomic E-state index is 13.6. The fourth-order valence-electron chi connectivity index (χ4n) is 4.07. The molecule has 35 heavy (non-hydrogen) atoms. The molecule has 0 aliphatic rings. The molecule has 4 aromatic rings. The molecule has 0 heterocycles. The number of carbonyl (C=O) groups excluding carboxylic acids is 2. The van der Waals surface area contributed by atoms with E-state index in [4.69, 9.17) is 16.3 Å². The number of rotatable bonds is 9. The van der Waals surface area contributed by atoms with E-state index in [2.05, 4.69) is 5.32 Å². The summed E-state index contributed by atoms with van der Waals surface area (Å²) in [7, 11) is 1.57. The molecule has 0 saturated heterocycles. The minimum absolute atomic E-state index is 0.183. The van der Waals surface area contributed by atoms with Crippen molar-refractivity contribution in [1.82, 2.24) is 10.2 Å². The lowest BCUT2D eigenvalue weighted by atomic mass is 10.0. The number of benzene rings is 4. The molecule has 5 nitrogen and oxygen atoms in total. The largest absolute Gasteiger partial charge is 0.483 e. The number of carbonyl (C=O) groups is 2. The molecule has 0 radical (unpaired) electrons. The van der Waals surface area contributed by atoms with Crippen LogP contribution in [-0.4, -0.2) is 36.4 Å². The molecule has 4 aromatic carbocycles. The Kier molecular flexibility index (Phi) is 8.01. The Morgan fingerprint density at radius 3 is 2.34 bits per heavy atom. The first-order chi connectivity index (χ1) is 17.1. The summed E-state index contributed by atoms with van der Waals surface area (Å²) in [6.07, 6.45) is 0.366. The smallest absolute Gasteiger partial charge is 0.261 e. The Morgan fingerprint density at radius 2 is 1.57 bits per heavy atom. The predicted molar refractivity (Wildman–Crippen MR) is 139 cm³/mol. The van der Waals surface area contributed by atoms with Gasteiger partial charge in [-0.1, -0.05) is 96.5 Å². The van der Waals surface area contributed by atoms with Crippen molar-refractivity contribution in [3.05, 3.63) is 113 Å². The van der Waals surface area contributed by atoms with Gasteiger partial charge in [-0.05, 0) is 28.6 Å². The second-order valence-electron chi connectivity index (χ2n) is 8.20. The first-order valence-electron chi connectivity index (χ1n) is 11.5. The molecule has 4 rings (SSSR count). The zero-order valence-corrected chi connectivity index (χ0v) is 20.2. The molecule has 0 bridgehead atoms. The number of ether oxygens (including phenoxy) is 1. The molecule has 6 heteroatoms. The van der Waals surface area contributed by atoms with Gasteiger partial charge < -0.3 is 15.0 Å². The van der Waals surface area contributed by atoms with Crippen LogP contribution in [0.15, 0.2) is 97.1 Å². The van der Waals surface area contributed by atoms with Crippen molar-refractivity contribution in [2.24, 2.45) is 0 Å². The summed E-state index contributed by atoms with van der Waals surface area (Å²) < 4.78 is 5.99. The van der Waals surface area contributed by atoms with Crippen molar-refractivity contribution in [2.45, 2.75) is 19.0 Å². The van der Waals surface area contributed by atoms with Crippen LogP contribution in [0, 0.1) is 0 Å². The minimum atomic E-state index is -0.734. The van der Waals surface area contributed by atoms with E-state index >= 15 is 0 Å². The number of nitrogens with zero attached hydrogens (tertiary/aromatic N) is 1. The third kappa shape index (κ3) is 6.00. The van der Waals surface area contributed by atoms with E-state index in [0.29, 0.717) is 17.2 Å². The summed E-state index contributed by atoms with van der Waals surface area (Å²) in [6.45, 7) is -0.0247. The highest BCUT2D eigenvalue weighted by Gasteiger charge is 2.30. The van der Waals surface area contributed by atoms with Crippen LogP contribution in [0.5, 0.6) is 5.75 Å². The number of likely N-dealkylation sites (N-methyl/N-ethyl adjacent to an activating group) is 1. The van der Waals surface area contributed by atoms with Crippen LogP contribution in [0.2, 0.25) is 5.02 Å². The molecule has 0 spiro atoms. The van der Waals surface area contributed by atoms with Crippen LogP contribution in [0.1, 0.15) is 11.1 Å². The fraction of sp³-hybridized carbons (Fsp3) is 0.172. The Bertz CT molecular complexity index is 1300. The fourth-order valence-corrected chi connectivity index (χ4v) is 4.27. The number of nitrogens with one attached hydrogen (secondary N) is 1. The van der Waals surface area contributed by atoms with E-state index in [1.165, 1.54) is 0 Å². The monoisotopic (exact) mass is 486 g/mol. The third-order valence-electron chi connectivity index (χ3n) is 5.92. The quantitative estimate of drug-likeness (QED) is 0.351. The van der Waals surface area contributed by atoms with E-state index in [9.17, 15) is 9.59 Å². The molecule has 0 aliphatic carbocycles. The molecule has 1 atom stereocenters. The summed E-state index contributed by atoms with van der Waals surface area (Å²) in [5, 5.41) is 5.20. The number of halogens is 1. The first-order valence-corrected chi connectivity index (χ1v) is 11.8. The second kappa shape index (κ2) is 11.5. The average Bonchev–Trinajstić information content (AvgIpc) is 2.90. The van der Waals surface area contributed by atoms with Gasteiger partial charge in [0.1, 0.15) is 11.8 Å². The summed E-state index contributed by atoms with van der Waals surface area (Å²) in [6, 6.07) is 29.8. The molecular weight excluding hydrogens is 460 g/mol. The standard InChI is InChI=1S/C29H27ClN2O3/c1-31-29(34)26(18-21-10-3-2-4-11-21)32(19-23-13-6-8-16-25(23)30)28(33)20-35-27-17-9-14-22-12-5-7-15-24(22)27/h2-17,26H,18-20H2,1H3,(H,31,34)/t26-/m1/s1. The van der Waals surface area contributed by atoms with Crippen LogP contribution >= 0.6 is 11.6 Å². The second-order valence-corrected chi connectivity index (χ2v) is 8.61. The van der Waals surface area contributed by atoms with Crippen molar-refractivity contribution in [3.8, 4) is 5.75 Å². The molecule has 0 saturated carbocycles. The molecule has 178 valence electrons. The van der Waals surface area contributed by atoms with Gasteiger partial charge in [-0.3, -0.25) is 9.59 Å². The zero-order valence-electron chi connectivity index (χ0n) is 19.5. The number of amides is 2. The van der Waals surface area contributed by atoms with Gasteiger partial charge in [-0.15, -0.1) is 0 Å². The van der Waals surface area contributed by atoms with Crippen molar-refractivity contribution < 1.29 is 14.3 Å². The molecule has 0 aliphatic heterocycles. The van der Waals surface area contributed by atoms with Crippen molar-refractivity contribution in [1.29, 1.82) is 0 Å². The van der Waals surface area contributed by atoms with E-state index in [0.717, 1.165) is 21.9 Å². The van der Waals surface area contributed by atoms with Gasteiger partial charge in [0.05, 0.1) is 0 Å². The van der Waals surface area contributed by atoms with Gasteiger partial charge in [-0.2, -0.15) is 0 Å². The lowest BCUT2D eigenvalue weighted by Gasteiger charge is -2.31. The van der Waals surface area contributed by atoms with Gasteiger partial charge in [-0.25, -0.2) is 0 Å². The molecule has 0 unspecified atom stereocenters. The predicted octanol–water partition coefficient (Wildman–Crippen LogP) is 5.26. The average molecular weight is 487 g/mol. The van der Waals surface area contributed by atoms with E-state index in [1.54, 1.807) is 18.0 Å². The van der Waals surface area contributed by atoms with Crippen LogP contribution in [0.25, 0.3) is 10.8 Å². The van der Waals surface area contributed by atoms with E-state index in [-0.39, 0.29) is 25.0 Å². The van der Waals surface area contributed by atoms with Gasteiger partial charge in [0, 0.05) is 30.4 Å². The lowest BCUT2D eigenvalue weighted by molar-refractivity contribution is -0.142. The van der Waals surface area contributed by atoms with Crippen molar-refractivity contribution in [2.75, 3.05) is 13.7 Å². The van der Waals surface area contributed by atoms with Crippen LogP contribution in [0.3, 0.4) is 0 Å². The van der Waals surface area contributed by atoms with E-state index < -0.39 is 6.04 Å². The Morgan fingerprint density at radius 1 is 0.886 bits per heavy atom. The molecule has 2 amide bonds. The molecule has 0 fully saturated rings. The number of hydrogen-bond acceptors (Lipinski definition) is 3. The lowest BCUT2D eigenvalue weighted by Crippen LogP contribution is -2.51. The summed E-state index contributed by atoms with van der Waals surface area (Å²) in [5.41, 5.74) is 1.71. The molecule has 1 N–H and O–H groups in total. The minimum Gasteiger partial charge on any atom is -0.483 e. The van der Waals surface area contributed by atoms with Crippen molar-refractivity contribution >= 4 is 34.2 Å². The maximum atomic E-state index is 13.6. The third-order valence-corrected chi connectivity index (χ3v) is 6.29. The van der Waals surface area contributed by atoms with Crippen LogP contribution < -0.4 is 10.1 Å². The van der Waals surface area contributed by atoms with Gasteiger partial charge in [0.15, 0.2) is 6.61 Å². The Balaban J connectivity index is 1.63. The van der Waals surface area contributed by atoms with Crippen LogP contribution in [-0.2, 0) is 22.6 Å². The highest BCUT2D eigenvalue weighted by atomic mass is 35.5. The number of fused-ring (bicyclic) bond motifs is 1. The first kappa shape index (κ1) is 24.3. The van der Waals surface area contributed by atoms with Gasteiger partial charge in [0.25, 0.3) is 5.91 Å².